The lowest BCUT2D eigenvalue weighted by atomic mass is 10.0. The van der Waals surface area contributed by atoms with E-state index in [1.807, 2.05) is 17.0 Å². The number of pyridine rings is 1. The minimum Gasteiger partial charge on any atom is -0.355 e. The summed E-state index contributed by atoms with van der Waals surface area (Å²) in [5.74, 6) is -0.154. The van der Waals surface area contributed by atoms with E-state index in [0.717, 1.165) is 12.1 Å². The number of nitrogens with zero attached hydrogens (tertiary/aromatic N) is 5. The summed E-state index contributed by atoms with van der Waals surface area (Å²) >= 11 is 0. The quantitative estimate of drug-likeness (QED) is 0.764. The molecule has 1 saturated heterocycles. The third kappa shape index (κ3) is 2.69. The van der Waals surface area contributed by atoms with Crippen LogP contribution in [0.15, 0.2) is 42.9 Å². The summed E-state index contributed by atoms with van der Waals surface area (Å²) in [5, 5.41) is 6.93. The molecule has 1 fully saturated rings. The standard InChI is InChI=1S/C18H18N6O2/c1-19-17(25)13-10-22-24-15(5-8-21-16(13)24)12-6-9-23(11-12)18(26)14-4-2-3-7-20-14/h2-5,7-8,10,12H,6,9,11H2,1H3,(H,19,25)/t12-/m1/s1. The molecule has 1 atom stereocenters. The summed E-state index contributed by atoms with van der Waals surface area (Å²) in [5.41, 5.74) is 2.36. The van der Waals surface area contributed by atoms with Crippen molar-refractivity contribution in [3.8, 4) is 0 Å². The second-order valence-corrected chi connectivity index (χ2v) is 6.19. The number of nitrogens with one attached hydrogen (secondary N) is 1. The van der Waals surface area contributed by atoms with Crippen molar-refractivity contribution in [2.75, 3.05) is 20.1 Å². The fraction of sp³-hybridized carbons (Fsp3) is 0.278. The Kier molecular flexibility index (Phi) is 4.08. The van der Waals surface area contributed by atoms with Crippen molar-refractivity contribution in [1.29, 1.82) is 0 Å². The van der Waals surface area contributed by atoms with E-state index in [9.17, 15) is 9.59 Å². The van der Waals surface area contributed by atoms with Gasteiger partial charge in [-0.05, 0) is 24.6 Å². The highest BCUT2D eigenvalue weighted by Crippen LogP contribution is 2.28. The number of amides is 2. The Morgan fingerprint density at radius 1 is 1.19 bits per heavy atom. The van der Waals surface area contributed by atoms with Gasteiger partial charge in [0, 0.05) is 38.4 Å². The first-order valence-corrected chi connectivity index (χ1v) is 8.44. The summed E-state index contributed by atoms with van der Waals surface area (Å²) in [6, 6.07) is 7.22. The van der Waals surface area contributed by atoms with E-state index >= 15 is 0 Å². The van der Waals surface area contributed by atoms with Crippen LogP contribution in [0.25, 0.3) is 5.65 Å². The van der Waals surface area contributed by atoms with Crippen LogP contribution in [0.2, 0.25) is 0 Å². The van der Waals surface area contributed by atoms with Crippen molar-refractivity contribution in [2.24, 2.45) is 0 Å². The predicted molar refractivity (Wildman–Crippen MR) is 93.9 cm³/mol. The highest BCUT2D eigenvalue weighted by Gasteiger charge is 2.30. The number of fused-ring (bicyclic) bond motifs is 1. The second kappa shape index (κ2) is 6.55. The summed E-state index contributed by atoms with van der Waals surface area (Å²) in [6.07, 6.45) is 5.66. The topological polar surface area (TPSA) is 92.5 Å². The molecule has 0 bridgehead atoms. The largest absolute Gasteiger partial charge is 0.355 e. The van der Waals surface area contributed by atoms with Crippen LogP contribution in [-0.4, -0.2) is 56.4 Å². The Balaban J connectivity index is 1.60. The molecule has 0 radical (unpaired) electrons. The van der Waals surface area contributed by atoms with Crippen LogP contribution < -0.4 is 5.32 Å². The van der Waals surface area contributed by atoms with Gasteiger partial charge in [0.2, 0.25) is 0 Å². The molecule has 1 N–H and O–H groups in total. The van der Waals surface area contributed by atoms with Gasteiger partial charge in [-0.15, -0.1) is 0 Å². The number of carbonyl (C=O) groups excluding carboxylic acids is 2. The zero-order valence-corrected chi connectivity index (χ0v) is 14.3. The maximum absolute atomic E-state index is 12.6. The van der Waals surface area contributed by atoms with Crippen molar-refractivity contribution < 1.29 is 9.59 Å². The lowest BCUT2D eigenvalue weighted by Crippen LogP contribution is -2.29. The van der Waals surface area contributed by atoms with Gasteiger partial charge in [0.15, 0.2) is 5.65 Å². The first-order valence-electron chi connectivity index (χ1n) is 8.44. The Labute approximate surface area is 149 Å². The maximum Gasteiger partial charge on any atom is 0.272 e. The number of aromatic nitrogens is 4. The molecule has 0 unspecified atom stereocenters. The van der Waals surface area contributed by atoms with Crippen LogP contribution >= 0.6 is 0 Å². The molecule has 8 heteroatoms. The molecule has 8 nitrogen and oxygen atoms in total. The Hall–Kier alpha value is -3.29. The third-order valence-corrected chi connectivity index (χ3v) is 4.68. The number of hydrogen-bond donors (Lipinski definition) is 1. The van der Waals surface area contributed by atoms with Crippen LogP contribution in [0, 0.1) is 0 Å². The number of carbonyl (C=O) groups is 2. The average molecular weight is 350 g/mol. The van der Waals surface area contributed by atoms with E-state index in [0.29, 0.717) is 30.0 Å². The van der Waals surface area contributed by atoms with Gasteiger partial charge in [-0.3, -0.25) is 14.6 Å². The monoisotopic (exact) mass is 350 g/mol. The van der Waals surface area contributed by atoms with Crippen LogP contribution in [0.4, 0.5) is 0 Å². The van der Waals surface area contributed by atoms with Gasteiger partial charge < -0.3 is 10.2 Å². The fourth-order valence-electron chi connectivity index (χ4n) is 3.35. The zero-order valence-electron chi connectivity index (χ0n) is 14.3. The van der Waals surface area contributed by atoms with E-state index in [2.05, 4.69) is 20.4 Å². The fourth-order valence-corrected chi connectivity index (χ4v) is 3.35. The van der Waals surface area contributed by atoms with Gasteiger partial charge in [0.1, 0.15) is 11.3 Å². The SMILES string of the molecule is CNC(=O)c1cnn2c([C@@H]3CCN(C(=O)c4ccccn4)C3)ccnc12. The molecular formula is C18H18N6O2. The first kappa shape index (κ1) is 16.2. The van der Waals surface area contributed by atoms with Crippen molar-refractivity contribution in [2.45, 2.75) is 12.3 Å². The highest BCUT2D eigenvalue weighted by molar-refractivity contribution is 5.99. The molecule has 0 saturated carbocycles. The lowest BCUT2D eigenvalue weighted by Gasteiger charge is -2.16. The normalized spacial score (nSPS) is 16.8. The minimum atomic E-state index is -0.219. The molecule has 4 rings (SSSR count). The highest BCUT2D eigenvalue weighted by atomic mass is 16.2. The van der Waals surface area contributed by atoms with E-state index in [1.54, 1.807) is 36.1 Å². The Morgan fingerprint density at radius 2 is 2.08 bits per heavy atom. The molecule has 3 aromatic heterocycles. The van der Waals surface area contributed by atoms with Crippen molar-refractivity contribution in [3.63, 3.8) is 0 Å². The Morgan fingerprint density at radius 3 is 2.85 bits per heavy atom. The van der Waals surface area contributed by atoms with Crippen LogP contribution in [0.1, 0.15) is 38.9 Å². The lowest BCUT2D eigenvalue weighted by molar-refractivity contribution is 0.0784. The molecule has 0 aromatic carbocycles. The zero-order chi connectivity index (χ0) is 18.1. The molecule has 1 aliphatic heterocycles. The van der Waals surface area contributed by atoms with Gasteiger partial charge >= 0.3 is 0 Å². The van der Waals surface area contributed by atoms with Gasteiger partial charge in [-0.1, -0.05) is 6.07 Å². The van der Waals surface area contributed by atoms with Crippen molar-refractivity contribution in [3.05, 3.63) is 59.8 Å². The van der Waals surface area contributed by atoms with E-state index in [-0.39, 0.29) is 17.7 Å². The Bertz CT molecular complexity index is 968. The molecule has 1 aliphatic rings. The maximum atomic E-state index is 12.6. The molecular weight excluding hydrogens is 332 g/mol. The van der Waals surface area contributed by atoms with Gasteiger partial charge in [-0.25, -0.2) is 9.50 Å². The third-order valence-electron chi connectivity index (χ3n) is 4.68. The summed E-state index contributed by atoms with van der Waals surface area (Å²) < 4.78 is 1.70. The van der Waals surface area contributed by atoms with E-state index in [1.165, 1.54) is 6.20 Å². The molecule has 0 aliphatic carbocycles. The summed E-state index contributed by atoms with van der Waals surface area (Å²) in [4.78, 5) is 34.8. The van der Waals surface area contributed by atoms with Crippen molar-refractivity contribution >= 4 is 17.5 Å². The van der Waals surface area contributed by atoms with E-state index in [4.69, 9.17) is 0 Å². The molecule has 132 valence electrons. The van der Waals surface area contributed by atoms with Gasteiger partial charge in [-0.2, -0.15) is 5.10 Å². The second-order valence-electron chi connectivity index (χ2n) is 6.19. The van der Waals surface area contributed by atoms with Crippen LogP contribution in [0.5, 0.6) is 0 Å². The molecule has 2 amide bonds. The number of hydrogen-bond acceptors (Lipinski definition) is 5. The predicted octanol–water partition coefficient (Wildman–Crippen LogP) is 1.11. The van der Waals surface area contributed by atoms with Gasteiger partial charge in [0.25, 0.3) is 11.8 Å². The van der Waals surface area contributed by atoms with Gasteiger partial charge in [0.05, 0.1) is 11.9 Å². The number of rotatable bonds is 3. The van der Waals surface area contributed by atoms with E-state index < -0.39 is 0 Å². The van der Waals surface area contributed by atoms with Crippen molar-refractivity contribution in [1.82, 2.24) is 29.8 Å². The number of likely N-dealkylation sites (tertiary alicyclic amines) is 1. The molecule has 26 heavy (non-hydrogen) atoms. The average Bonchev–Trinajstić information content (AvgIpc) is 3.34. The van der Waals surface area contributed by atoms with Crippen LogP contribution in [-0.2, 0) is 0 Å². The minimum absolute atomic E-state index is 0.0649. The molecule has 4 heterocycles. The van der Waals surface area contributed by atoms with Crippen LogP contribution in [0.3, 0.4) is 0 Å². The molecule has 3 aromatic rings. The molecule has 0 spiro atoms. The summed E-state index contributed by atoms with van der Waals surface area (Å²) in [6.45, 7) is 1.25. The first-order chi connectivity index (χ1) is 12.7. The summed E-state index contributed by atoms with van der Waals surface area (Å²) in [7, 11) is 1.58. The smallest absolute Gasteiger partial charge is 0.272 e.